The van der Waals surface area contributed by atoms with Gasteiger partial charge in [-0.1, -0.05) is 41.4 Å². The number of aromatic amines is 1. The van der Waals surface area contributed by atoms with Crippen LogP contribution in [0.4, 0.5) is 5.69 Å². The van der Waals surface area contributed by atoms with E-state index in [9.17, 15) is 15.4 Å². The first-order chi connectivity index (χ1) is 12.5. The summed E-state index contributed by atoms with van der Waals surface area (Å²) in [4.78, 5) is 10.5. The summed E-state index contributed by atoms with van der Waals surface area (Å²) in [6.45, 7) is 0. The van der Waals surface area contributed by atoms with Crippen LogP contribution in [0.25, 0.3) is 22.9 Å². The van der Waals surface area contributed by atoms with Crippen molar-refractivity contribution in [3.8, 4) is 17.3 Å². The molecule has 0 spiro atoms. The Morgan fingerprint density at radius 3 is 2.77 bits per heavy atom. The minimum atomic E-state index is -0.469. The maximum Gasteiger partial charge on any atom is 0.270 e. The van der Waals surface area contributed by atoms with Gasteiger partial charge in [0, 0.05) is 33.8 Å². The van der Waals surface area contributed by atoms with Gasteiger partial charge in [0.05, 0.1) is 33.5 Å². The third kappa shape index (κ3) is 3.59. The van der Waals surface area contributed by atoms with E-state index in [1.165, 1.54) is 18.3 Å². The zero-order chi connectivity index (χ0) is 18.7. The zero-order valence-electron chi connectivity index (χ0n) is 13.1. The van der Waals surface area contributed by atoms with Crippen molar-refractivity contribution in [3.63, 3.8) is 0 Å². The quantitative estimate of drug-likeness (QED) is 0.372. The van der Waals surface area contributed by atoms with Crippen LogP contribution in [0.3, 0.4) is 0 Å². The molecule has 8 heteroatoms. The normalized spacial score (nSPS) is 11.2. The van der Waals surface area contributed by atoms with Crippen LogP contribution in [0.5, 0.6) is 0 Å². The summed E-state index contributed by atoms with van der Waals surface area (Å²) in [5, 5.41) is 28.1. The van der Waals surface area contributed by atoms with Crippen LogP contribution in [-0.4, -0.2) is 15.1 Å². The predicted octanol–water partition coefficient (Wildman–Crippen LogP) is 5.36. The molecule has 0 unspecified atom stereocenters. The molecule has 26 heavy (non-hydrogen) atoms. The molecule has 0 aliphatic carbocycles. The molecule has 3 aromatic rings. The number of halogens is 2. The molecule has 1 heterocycles. The van der Waals surface area contributed by atoms with Gasteiger partial charge in [0.1, 0.15) is 0 Å². The molecule has 0 saturated heterocycles. The summed E-state index contributed by atoms with van der Waals surface area (Å²) in [6, 6.07) is 13.1. The molecule has 6 nitrogen and oxygen atoms in total. The summed E-state index contributed by atoms with van der Waals surface area (Å²) in [5.74, 6) is 0. The fourth-order valence-electron chi connectivity index (χ4n) is 2.44. The van der Waals surface area contributed by atoms with Gasteiger partial charge in [-0.15, -0.1) is 0 Å². The smallest absolute Gasteiger partial charge is 0.270 e. The van der Waals surface area contributed by atoms with E-state index in [0.29, 0.717) is 38.0 Å². The number of H-pyrrole nitrogens is 1. The molecule has 0 amide bonds. The van der Waals surface area contributed by atoms with Crippen LogP contribution in [0, 0.1) is 21.4 Å². The van der Waals surface area contributed by atoms with E-state index in [2.05, 4.69) is 16.3 Å². The number of aromatic nitrogens is 2. The second-order valence-corrected chi connectivity index (χ2v) is 6.15. The number of non-ortho nitro benzene ring substituents is 1. The zero-order valence-corrected chi connectivity index (χ0v) is 14.6. The van der Waals surface area contributed by atoms with Crippen LogP contribution in [0.1, 0.15) is 11.1 Å². The average Bonchev–Trinajstić information content (AvgIpc) is 3.08. The van der Waals surface area contributed by atoms with Gasteiger partial charge in [0.15, 0.2) is 0 Å². The van der Waals surface area contributed by atoms with Gasteiger partial charge in [-0.3, -0.25) is 15.2 Å². The Morgan fingerprint density at radius 2 is 2.08 bits per heavy atom. The topological polar surface area (TPSA) is 95.6 Å². The number of rotatable bonds is 4. The molecule has 2 aromatic carbocycles. The van der Waals surface area contributed by atoms with Crippen molar-refractivity contribution in [1.82, 2.24) is 10.2 Å². The van der Waals surface area contributed by atoms with Crippen molar-refractivity contribution >= 4 is 40.5 Å². The fourth-order valence-corrected chi connectivity index (χ4v) is 2.96. The maximum absolute atomic E-state index is 11.0. The van der Waals surface area contributed by atoms with E-state index in [-0.39, 0.29) is 5.69 Å². The van der Waals surface area contributed by atoms with E-state index in [1.807, 2.05) is 0 Å². The molecular formula is C18H10Cl2N4O2. The maximum atomic E-state index is 11.0. The lowest BCUT2D eigenvalue weighted by Gasteiger charge is -2.04. The number of hydrogen-bond donors (Lipinski definition) is 1. The monoisotopic (exact) mass is 384 g/mol. The van der Waals surface area contributed by atoms with Crippen molar-refractivity contribution in [1.29, 1.82) is 5.26 Å². The third-order valence-electron chi connectivity index (χ3n) is 3.66. The minimum Gasteiger partial charge on any atom is -0.277 e. The molecular weight excluding hydrogens is 375 g/mol. The van der Waals surface area contributed by atoms with Crippen molar-refractivity contribution in [2.45, 2.75) is 0 Å². The lowest BCUT2D eigenvalue weighted by molar-refractivity contribution is -0.384. The Kier molecular flexibility index (Phi) is 5.03. The summed E-state index contributed by atoms with van der Waals surface area (Å²) in [7, 11) is 0. The highest BCUT2D eigenvalue weighted by Crippen LogP contribution is 2.31. The number of nitrogens with one attached hydrogen (secondary N) is 1. The molecule has 1 N–H and O–H groups in total. The number of hydrogen-bond acceptors (Lipinski definition) is 4. The van der Waals surface area contributed by atoms with Gasteiger partial charge in [0.2, 0.25) is 0 Å². The van der Waals surface area contributed by atoms with Crippen LogP contribution in [0.15, 0.2) is 48.7 Å². The van der Waals surface area contributed by atoms with E-state index < -0.39 is 4.92 Å². The van der Waals surface area contributed by atoms with Gasteiger partial charge in [-0.25, -0.2) is 0 Å². The summed E-state index contributed by atoms with van der Waals surface area (Å²) >= 11 is 12.1. The first-order valence-corrected chi connectivity index (χ1v) is 8.10. The Labute approximate surface area is 158 Å². The number of nitriles is 1. The van der Waals surface area contributed by atoms with E-state index in [1.54, 1.807) is 36.4 Å². The van der Waals surface area contributed by atoms with Gasteiger partial charge in [-0.05, 0) is 18.2 Å². The number of benzene rings is 2. The number of nitrogens with zero attached hydrogens (tertiary/aromatic N) is 3. The van der Waals surface area contributed by atoms with E-state index in [4.69, 9.17) is 23.2 Å². The van der Waals surface area contributed by atoms with E-state index in [0.717, 1.165) is 0 Å². The van der Waals surface area contributed by atoms with Crippen molar-refractivity contribution in [3.05, 3.63) is 79.9 Å². The highest BCUT2D eigenvalue weighted by molar-refractivity contribution is 6.36. The van der Waals surface area contributed by atoms with Gasteiger partial charge < -0.3 is 0 Å². The molecule has 0 radical (unpaired) electrons. The summed E-state index contributed by atoms with van der Waals surface area (Å²) in [5.41, 5.74) is 2.57. The largest absolute Gasteiger partial charge is 0.277 e. The van der Waals surface area contributed by atoms with Gasteiger partial charge in [-0.2, -0.15) is 10.4 Å². The molecule has 3 rings (SSSR count). The first kappa shape index (κ1) is 17.7. The Morgan fingerprint density at radius 1 is 1.27 bits per heavy atom. The molecule has 0 atom stereocenters. The van der Waals surface area contributed by atoms with Crippen LogP contribution < -0.4 is 0 Å². The molecule has 0 bridgehead atoms. The second kappa shape index (κ2) is 7.40. The first-order valence-electron chi connectivity index (χ1n) is 7.35. The minimum absolute atomic E-state index is 0.0340. The Hall–Kier alpha value is -3.14. The number of allylic oxidation sites excluding steroid dienone is 1. The second-order valence-electron chi connectivity index (χ2n) is 5.30. The van der Waals surface area contributed by atoms with Crippen molar-refractivity contribution in [2.24, 2.45) is 0 Å². The average molecular weight is 385 g/mol. The SMILES string of the molecule is N#C/C(=C/c1cn[nH]c1-c1cccc([N+](=O)[O-])c1)c1ccc(Cl)cc1Cl. The van der Waals surface area contributed by atoms with Gasteiger partial charge >= 0.3 is 0 Å². The fraction of sp³-hybridized carbons (Fsp3) is 0. The lowest BCUT2D eigenvalue weighted by atomic mass is 10.0. The Bertz CT molecular complexity index is 1070. The molecule has 1 aromatic heterocycles. The highest BCUT2D eigenvalue weighted by Gasteiger charge is 2.13. The third-order valence-corrected chi connectivity index (χ3v) is 4.20. The molecule has 0 aliphatic rings. The molecule has 0 saturated carbocycles. The standard InChI is InChI=1S/C18H10Cl2N4O2/c19-14-4-5-16(17(20)8-14)12(9-21)6-13-10-22-23-18(13)11-2-1-3-15(7-11)24(25)26/h1-8,10H,(H,22,23)/b12-6-. The highest BCUT2D eigenvalue weighted by atomic mass is 35.5. The number of nitro benzene ring substituents is 1. The van der Waals surface area contributed by atoms with Crippen LogP contribution in [-0.2, 0) is 0 Å². The van der Waals surface area contributed by atoms with E-state index >= 15 is 0 Å². The van der Waals surface area contributed by atoms with Crippen molar-refractivity contribution < 1.29 is 4.92 Å². The van der Waals surface area contributed by atoms with Crippen LogP contribution >= 0.6 is 23.2 Å². The predicted molar refractivity (Wildman–Crippen MR) is 101 cm³/mol. The molecule has 0 fully saturated rings. The number of nitro groups is 1. The van der Waals surface area contributed by atoms with Gasteiger partial charge in [0.25, 0.3) is 5.69 Å². The molecule has 0 aliphatic heterocycles. The van der Waals surface area contributed by atoms with Crippen LogP contribution in [0.2, 0.25) is 10.0 Å². The Balaban J connectivity index is 2.07. The summed E-state index contributed by atoms with van der Waals surface area (Å²) in [6.07, 6.45) is 3.15. The van der Waals surface area contributed by atoms with Crippen molar-refractivity contribution in [2.75, 3.05) is 0 Å². The lowest BCUT2D eigenvalue weighted by Crippen LogP contribution is -1.89. The summed E-state index contributed by atoms with van der Waals surface area (Å²) < 4.78 is 0. The molecule has 128 valence electrons.